The van der Waals surface area contributed by atoms with Crippen LogP contribution in [-0.4, -0.2) is 25.7 Å². The molecule has 1 aliphatic rings. The van der Waals surface area contributed by atoms with Gasteiger partial charge in [0.05, 0.1) is 19.8 Å². The van der Waals surface area contributed by atoms with E-state index in [1.165, 1.54) is 0 Å². The molecule has 0 amide bonds. The summed E-state index contributed by atoms with van der Waals surface area (Å²) in [5, 5.41) is 3.09. The topological polar surface area (TPSA) is 57.5 Å². The van der Waals surface area contributed by atoms with Gasteiger partial charge < -0.3 is 9.47 Å². The molecule has 1 aromatic carbocycles. The third-order valence-corrected chi connectivity index (χ3v) is 2.60. The molecule has 1 fully saturated rings. The number of carbonyl (C=O) groups is 1. The van der Waals surface area contributed by atoms with Crippen LogP contribution in [0.15, 0.2) is 24.3 Å². The highest BCUT2D eigenvalue weighted by Gasteiger charge is 2.44. The van der Waals surface area contributed by atoms with Crippen LogP contribution in [0.1, 0.15) is 18.5 Å². The Bertz CT molecular complexity index is 374. The highest BCUT2D eigenvalue weighted by molar-refractivity contribution is 5.80. The molecular weight excluding hydrogens is 206 g/mol. The number of methoxy groups -OCH3 is 1. The van der Waals surface area contributed by atoms with Gasteiger partial charge in [0.25, 0.3) is 0 Å². The van der Waals surface area contributed by atoms with Gasteiger partial charge >= 0.3 is 5.97 Å². The van der Waals surface area contributed by atoms with Crippen LogP contribution in [0.25, 0.3) is 0 Å². The lowest BCUT2D eigenvalue weighted by atomic mass is 10.1. The first-order valence-corrected chi connectivity index (χ1v) is 5.33. The van der Waals surface area contributed by atoms with Gasteiger partial charge in [0.2, 0.25) is 0 Å². The van der Waals surface area contributed by atoms with Gasteiger partial charge in [0, 0.05) is 0 Å². The molecule has 1 aliphatic heterocycles. The second-order valence-corrected chi connectivity index (χ2v) is 3.65. The zero-order chi connectivity index (χ0) is 11.5. The number of nitrogens with one attached hydrogen (secondary N) is 1. The van der Waals surface area contributed by atoms with Gasteiger partial charge in [-0.2, -0.15) is 0 Å². The Hall–Kier alpha value is -1.55. The maximum Gasteiger partial charge on any atom is 0.325 e. The van der Waals surface area contributed by atoms with Crippen LogP contribution in [0.4, 0.5) is 0 Å². The highest BCUT2D eigenvalue weighted by atomic mass is 16.5. The first-order valence-electron chi connectivity index (χ1n) is 5.33. The van der Waals surface area contributed by atoms with Crippen molar-refractivity contribution in [2.75, 3.05) is 13.7 Å². The van der Waals surface area contributed by atoms with Crippen LogP contribution in [0.2, 0.25) is 0 Å². The zero-order valence-corrected chi connectivity index (χ0v) is 9.40. The van der Waals surface area contributed by atoms with Crippen molar-refractivity contribution in [2.24, 2.45) is 0 Å². The molecule has 4 heteroatoms. The summed E-state index contributed by atoms with van der Waals surface area (Å²) in [6.07, 6.45) is 0. The second-order valence-electron chi connectivity index (χ2n) is 3.65. The van der Waals surface area contributed by atoms with Crippen molar-refractivity contribution in [1.82, 2.24) is 5.32 Å². The third kappa shape index (κ3) is 2.17. The van der Waals surface area contributed by atoms with Crippen molar-refractivity contribution in [3.8, 4) is 5.75 Å². The van der Waals surface area contributed by atoms with Crippen LogP contribution in [0, 0.1) is 0 Å². The van der Waals surface area contributed by atoms with E-state index in [0.29, 0.717) is 6.61 Å². The highest BCUT2D eigenvalue weighted by Crippen LogP contribution is 2.31. The molecule has 0 radical (unpaired) electrons. The zero-order valence-electron chi connectivity index (χ0n) is 9.40. The number of carbonyl (C=O) groups excluding carboxylic acids is 1. The van der Waals surface area contributed by atoms with E-state index in [1.807, 2.05) is 31.2 Å². The number of esters is 1. The summed E-state index contributed by atoms with van der Waals surface area (Å²) in [7, 11) is 1.63. The van der Waals surface area contributed by atoms with E-state index in [2.05, 4.69) is 5.32 Å². The molecule has 2 atom stereocenters. The number of benzene rings is 1. The first-order chi connectivity index (χ1) is 7.76. The SMILES string of the molecule is CCOC(=O)[C@H]1N[C@H]1c1ccc(OC)cc1. The molecule has 86 valence electrons. The number of rotatable bonds is 4. The molecule has 1 saturated heterocycles. The van der Waals surface area contributed by atoms with Crippen LogP contribution in [0.5, 0.6) is 5.75 Å². The van der Waals surface area contributed by atoms with Crippen LogP contribution in [-0.2, 0) is 9.53 Å². The Kier molecular flexibility index (Phi) is 3.10. The standard InChI is InChI=1S/C12H15NO3/c1-3-16-12(14)11-10(13-11)8-4-6-9(15-2)7-5-8/h4-7,10-11,13H,3H2,1-2H3/t10-,11-/m0/s1. The minimum absolute atomic E-state index is 0.0879. The number of hydrogen-bond donors (Lipinski definition) is 1. The van der Waals surface area contributed by atoms with E-state index in [4.69, 9.17) is 9.47 Å². The molecule has 0 aromatic heterocycles. The summed E-state index contributed by atoms with van der Waals surface area (Å²) < 4.78 is 10.0. The van der Waals surface area contributed by atoms with E-state index >= 15 is 0 Å². The van der Waals surface area contributed by atoms with Crippen molar-refractivity contribution in [1.29, 1.82) is 0 Å². The Balaban J connectivity index is 1.97. The number of hydrogen-bond acceptors (Lipinski definition) is 4. The maximum absolute atomic E-state index is 11.4. The van der Waals surface area contributed by atoms with E-state index < -0.39 is 0 Å². The molecule has 0 aliphatic carbocycles. The molecule has 1 aromatic rings. The molecule has 4 nitrogen and oxygen atoms in total. The summed E-state index contributed by atoms with van der Waals surface area (Å²) in [5.74, 6) is 0.639. The van der Waals surface area contributed by atoms with Gasteiger partial charge in [0.1, 0.15) is 11.8 Å². The van der Waals surface area contributed by atoms with Gasteiger partial charge in [-0.15, -0.1) is 0 Å². The van der Waals surface area contributed by atoms with Crippen molar-refractivity contribution in [3.05, 3.63) is 29.8 Å². The lowest BCUT2D eigenvalue weighted by Gasteiger charge is -2.01. The fraction of sp³-hybridized carbons (Fsp3) is 0.417. The summed E-state index contributed by atoms with van der Waals surface area (Å²) in [5.41, 5.74) is 1.08. The van der Waals surface area contributed by atoms with Crippen LogP contribution < -0.4 is 10.1 Å². The molecule has 1 heterocycles. The fourth-order valence-electron chi connectivity index (χ4n) is 1.67. The predicted molar refractivity (Wildman–Crippen MR) is 59.3 cm³/mol. The van der Waals surface area contributed by atoms with Crippen molar-refractivity contribution < 1.29 is 14.3 Å². The number of ether oxygens (including phenoxy) is 2. The fourth-order valence-corrected chi connectivity index (χ4v) is 1.67. The van der Waals surface area contributed by atoms with E-state index in [-0.39, 0.29) is 18.1 Å². The molecule has 0 saturated carbocycles. The Morgan fingerprint density at radius 1 is 1.38 bits per heavy atom. The van der Waals surface area contributed by atoms with Crippen LogP contribution >= 0.6 is 0 Å². The van der Waals surface area contributed by atoms with Crippen LogP contribution in [0.3, 0.4) is 0 Å². The predicted octanol–water partition coefficient (Wildman–Crippen LogP) is 1.27. The van der Waals surface area contributed by atoms with Gasteiger partial charge in [-0.1, -0.05) is 12.1 Å². The second kappa shape index (κ2) is 4.53. The van der Waals surface area contributed by atoms with Crippen molar-refractivity contribution >= 4 is 5.97 Å². The van der Waals surface area contributed by atoms with Gasteiger partial charge in [0.15, 0.2) is 0 Å². The molecule has 2 rings (SSSR count). The van der Waals surface area contributed by atoms with Gasteiger partial charge in [-0.3, -0.25) is 10.1 Å². The minimum Gasteiger partial charge on any atom is -0.497 e. The minimum atomic E-state index is -0.187. The lowest BCUT2D eigenvalue weighted by Crippen LogP contribution is -2.13. The van der Waals surface area contributed by atoms with Crippen molar-refractivity contribution in [3.63, 3.8) is 0 Å². The monoisotopic (exact) mass is 221 g/mol. The Labute approximate surface area is 94.6 Å². The van der Waals surface area contributed by atoms with E-state index in [0.717, 1.165) is 11.3 Å². The van der Waals surface area contributed by atoms with Gasteiger partial charge in [-0.05, 0) is 24.6 Å². The smallest absolute Gasteiger partial charge is 0.325 e. The molecular formula is C12H15NO3. The quantitative estimate of drug-likeness (QED) is 0.614. The van der Waals surface area contributed by atoms with E-state index in [9.17, 15) is 4.79 Å². The normalized spacial score (nSPS) is 22.6. The third-order valence-electron chi connectivity index (χ3n) is 2.60. The summed E-state index contributed by atoms with van der Waals surface area (Å²) in [6.45, 7) is 2.23. The maximum atomic E-state index is 11.4. The Morgan fingerprint density at radius 2 is 2.06 bits per heavy atom. The first kappa shape index (κ1) is 11.0. The van der Waals surface area contributed by atoms with Gasteiger partial charge in [-0.25, -0.2) is 0 Å². The molecule has 16 heavy (non-hydrogen) atoms. The summed E-state index contributed by atoms with van der Waals surface area (Å²) in [6, 6.07) is 7.58. The lowest BCUT2D eigenvalue weighted by molar-refractivity contribution is -0.142. The molecule has 0 spiro atoms. The summed E-state index contributed by atoms with van der Waals surface area (Å²) in [4.78, 5) is 11.4. The largest absolute Gasteiger partial charge is 0.497 e. The van der Waals surface area contributed by atoms with E-state index in [1.54, 1.807) is 7.11 Å². The average Bonchev–Trinajstić information content (AvgIpc) is 3.09. The Morgan fingerprint density at radius 3 is 2.62 bits per heavy atom. The molecule has 1 N–H and O–H groups in total. The average molecular weight is 221 g/mol. The molecule has 0 unspecified atom stereocenters. The van der Waals surface area contributed by atoms with Crippen molar-refractivity contribution in [2.45, 2.75) is 19.0 Å². The summed E-state index contributed by atoms with van der Waals surface area (Å²) >= 11 is 0. The molecule has 0 bridgehead atoms.